The highest BCUT2D eigenvalue weighted by atomic mass is 32.1. The van der Waals surface area contributed by atoms with Crippen molar-refractivity contribution in [1.29, 1.82) is 0 Å². The van der Waals surface area contributed by atoms with Crippen molar-refractivity contribution in [1.82, 2.24) is 19.9 Å². The Bertz CT molecular complexity index is 1660. The second-order valence-corrected chi connectivity index (χ2v) is 13.1. The van der Waals surface area contributed by atoms with Gasteiger partial charge in [0.05, 0.1) is 18.0 Å². The van der Waals surface area contributed by atoms with E-state index in [4.69, 9.17) is 14.2 Å². The fourth-order valence-corrected chi connectivity index (χ4v) is 5.12. The van der Waals surface area contributed by atoms with Crippen LogP contribution >= 0.6 is 22.7 Å². The highest BCUT2D eigenvalue weighted by molar-refractivity contribution is 7.19. The van der Waals surface area contributed by atoms with Gasteiger partial charge in [-0.3, -0.25) is 20.6 Å². The number of hydrogen-bond acceptors (Lipinski definition) is 13. The Hall–Kier alpha value is -4.96. The highest BCUT2D eigenvalue weighted by Gasteiger charge is 2.25. The Morgan fingerprint density at radius 1 is 0.739 bits per heavy atom. The summed E-state index contributed by atoms with van der Waals surface area (Å²) in [5.74, 6) is -1.84. The van der Waals surface area contributed by atoms with Crippen LogP contribution in [0.2, 0.25) is 0 Å². The minimum Gasteiger partial charge on any atom is -0.476 e. The van der Waals surface area contributed by atoms with Crippen molar-refractivity contribution in [2.24, 2.45) is 0 Å². The number of ether oxygens (including phenoxy) is 3. The van der Waals surface area contributed by atoms with Crippen LogP contribution in [-0.4, -0.2) is 67.0 Å². The van der Waals surface area contributed by atoms with Gasteiger partial charge in [-0.05, 0) is 72.7 Å². The standard InChI is InChI=1S/C16H19N3O4S.C14H15N3O4S/c1-5-22-14(20)11-13(19-15(21)23-16(2,3)4)24-12(18-11)10-8-6-7-9-17-10;1-14(2,3)21-13(20)17-11-9(12(18)19)16-10(22-11)8-6-4-5-7-15-8/h6-9H,5H2,1-4H3,(H,19,21);4-7H,1-3H3,(H,17,20)(H,18,19). The van der Waals surface area contributed by atoms with Crippen LogP contribution in [0.4, 0.5) is 19.6 Å². The van der Waals surface area contributed by atoms with Crippen LogP contribution in [0.25, 0.3) is 21.4 Å². The summed E-state index contributed by atoms with van der Waals surface area (Å²) in [5, 5.41) is 15.5. The van der Waals surface area contributed by atoms with Crippen molar-refractivity contribution < 1.29 is 38.5 Å². The van der Waals surface area contributed by atoms with Gasteiger partial charge in [0.15, 0.2) is 11.4 Å². The summed E-state index contributed by atoms with van der Waals surface area (Å²) in [7, 11) is 0. The molecule has 0 spiro atoms. The quantitative estimate of drug-likeness (QED) is 0.135. The Kier molecular flexibility index (Phi) is 11.9. The van der Waals surface area contributed by atoms with Gasteiger partial charge < -0.3 is 19.3 Å². The number of anilines is 2. The van der Waals surface area contributed by atoms with Crippen molar-refractivity contribution in [3.05, 3.63) is 60.2 Å². The number of carboxylic acid groups (broad SMARTS) is 1. The number of rotatable bonds is 7. The molecule has 0 atom stereocenters. The maximum Gasteiger partial charge on any atom is 0.412 e. The maximum atomic E-state index is 12.1. The number of hydrogen-bond donors (Lipinski definition) is 3. The van der Waals surface area contributed by atoms with E-state index in [-0.39, 0.29) is 28.0 Å². The summed E-state index contributed by atoms with van der Waals surface area (Å²) in [5.41, 5.74) is -0.396. The zero-order valence-electron chi connectivity index (χ0n) is 26.2. The molecule has 0 saturated heterocycles. The normalized spacial score (nSPS) is 11.0. The fraction of sp³-hybridized carbons (Fsp3) is 0.333. The van der Waals surface area contributed by atoms with Crippen LogP contribution in [0, 0.1) is 0 Å². The molecule has 0 aliphatic rings. The molecule has 4 heterocycles. The lowest BCUT2D eigenvalue weighted by Crippen LogP contribution is -2.27. The van der Waals surface area contributed by atoms with E-state index in [1.165, 1.54) is 0 Å². The van der Waals surface area contributed by atoms with Gasteiger partial charge in [0.2, 0.25) is 0 Å². The number of aromatic nitrogens is 4. The average molecular weight is 671 g/mol. The molecule has 3 N–H and O–H groups in total. The number of thiazole rings is 2. The minimum atomic E-state index is -1.23. The molecule has 4 aromatic rings. The zero-order chi connectivity index (χ0) is 34.1. The summed E-state index contributed by atoms with van der Waals surface area (Å²) in [6, 6.07) is 10.6. The van der Waals surface area contributed by atoms with Crippen LogP contribution in [0.1, 0.15) is 69.4 Å². The number of esters is 1. The van der Waals surface area contributed by atoms with Crippen LogP contribution < -0.4 is 10.6 Å². The molecule has 4 rings (SSSR count). The first-order chi connectivity index (χ1) is 21.6. The first kappa shape index (κ1) is 35.5. The summed E-state index contributed by atoms with van der Waals surface area (Å²) < 4.78 is 15.3. The van der Waals surface area contributed by atoms with Gasteiger partial charge in [-0.25, -0.2) is 29.1 Å². The second kappa shape index (κ2) is 15.4. The first-order valence-electron chi connectivity index (χ1n) is 13.8. The van der Waals surface area contributed by atoms with Crippen LogP contribution in [0.5, 0.6) is 0 Å². The second-order valence-electron chi connectivity index (χ2n) is 11.1. The number of carbonyl (C=O) groups is 4. The summed E-state index contributed by atoms with van der Waals surface area (Å²) in [6.07, 6.45) is 1.82. The van der Waals surface area contributed by atoms with Crippen molar-refractivity contribution in [3.8, 4) is 21.4 Å². The highest BCUT2D eigenvalue weighted by Crippen LogP contribution is 2.33. The van der Waals surface area contributed by atoms with Crippen LogP contribution in [0.15, 0.2) is 48.8 Å². The summed E-state index contributed by atoms with van der Waals surface area (Å²) >= 11 is 2.16. The van der Waals surface area contributed by atoms with E-state index in [9.17, 15) is 24.3 Å². The molecule has 0 bridgehead atoms. The summed E-state index contributed by atoms with van der Waals surface area (Å²) in [4.78, 5) is 63.7. The third-order valence-electron chi connectivity index (χ3n) is 4.92. The number of nitrogens with zero attached hydrogens (tertiary/aromatic N) is 4. The van der Waals surface area contributed by atoms with Gasteiger partial charge in [0.1, 0.15) is 31.2 Å². The van der Waals surface area contributed by atoms with Gasteiger partial charge in [-0.15, -0.1) is 0 Å². The monoisotopic (exact) mass is 670 g/mol. The fourth-order valence-electron chi connectivity index (χ4n) is 3.28. The predicted molar refractivity (Wildman–Crippen MR) is 173 cm³/mol. The largest absolute Gasteiger partial charge is 0.476 e. The number of amides is 2. The zero-order valence-corrected chi connectivity index (χ0v) is 27.9. The van der Waals surface area contributed by atoms with Gasteiger partial charge in [0, 0.05) is 12.4 Å². The Morgan fingerprint density at radius 3 is 1.54 bits per heavy atom. The van der Waals surface area contributed by atoms with E-state index in [0.29, 0.717) is 21.4 Å². The molecule has 14 nitrogen and oxygen atoms in total. The van der Waals surface area contributed by atoms with Gasteiger partial charge >= 0.3 is 24.1 Å². The molecular weight excluding hydrogens is 636 g/mol. The molecule has 0 unspecified atom stereocenters. The van der Waals surface area contributed by atoms with Crippen molar-refractivity contribution >= 4 is 56.8 Å². The maximum absolute atomic E-state index is 12.1. The Labute approximate surface area is 273 Å². The third kappa shape index (κ3) is 10.9. The molecule has 2 amide bonds. The third-order valence-corrected chi connectivity index (χ3v) is 6.91. The van der Waals surface area contributed by atoms with E-state index in [0.717, 1.165) is 22.7 Å². The molecule has 0 saturated carbocycles. The van der Waals surface area contributed by atoms with Gasteiger partial charge in [-0.1, -0.05) is 34.8 Å². The molecule has 0 fully saturated rings. The van der Waals surface area contributed by atoms with Crippen molar-refractivity contribution in [2.45, 2.75) is 59.7 Å². The molecular formula is C30H34N6O8S2. The topological polar surface area (TPSA) is 192 Å². The van der Waals surface area contributed by atoms with E-state index >= 15 is 0 Å². The SMILES string of the molecule is CC(C)(C)OC(=O)Nc1sc(-c2ccccn2)nc1C(=O)O.CCOC(=O)c1nc(-c2ccccn2)sc1NC(=O)OC(C)(C)C. The van der Waals surface area contributed by atoms with Crippen molar-refractivity contribution in [3.63, 3.8) is 0 Å². The lowest BCUT2D eigenvalue weighted by molar-refractivity contribution is 0.0520. The molecule has 0 aromatic carbocycles. The number of pyridine rings is 2. The summed E-state index contributed by atoms with van der Waals surface area (Å²) in [6.45, 7) is 12.3. The molecule has 0 aliphatic heterocycles. The molecule has 4 aromatic heterocycles. The molecule has 244 valence electrons. The van der Waals surface area contributed by atoms with E-state index in [2.05, 4.69) is 30.6 Å². The predicted octanol–water partition coefficient (Wildman–Crippen LogP) is 6.98. The lowest BCUT2D eigenvalue weighted by atomic mass is 10.2. The van der Waals surface area contributed by atoms with E-state index in [1.807, 2.05) is 6.07 Å². The minimum absolute atomic E-state index is 0.0355. The molecule has 0 radical (unpaired) electrons. The number of carbonyl (C=O) groups excluding carboxylic acids is 3. The smallest absolute Gasteiger partial charge is 0.412 e. The van der Waals surface area contributed by atoms with Crippen LogP contribution in [0.3, 0.4) is 0 Å². The van der Waals surface area contributed by atoms with E-state index < -0.39 is 35.3 Å². The average Bonchev–Trinajstić information content (AvgIpc) is 3.57. The number of nitrogens with one attached hydrogen (secondary N) is 2. The van der Waals surface area contributed by atoms with Crippen LogP contribution in [-0.2, 0) is 14.2 Å². The number of aromatic carboxylic acids is 1. The number of carboxylic acids is 1. The molecule has 46 heavy (non-hydrogen) atoms. The van der Waals surface area contributed by atoms with Crippen molar-refractivity contribution in [2.75, 3.05) is 17.2 Å². The van der Waals surface area contributed by atoms with Gasteiger partial charge in [0.25, 0.3) is 0 Å². The Morgan fingerprint density at radius 2 is 1.17 bits per heavy atom. The lowest BCUT2D eigenvalue weighted by Gasteiger charge is -2.19. The van der Waals surface area contributed by atoms with E-state index in [1.54, 1.807) is 91.2 Å². The Balaban J connectivity index is 0.000000251. The van der Waals surface area contributed by atoms with Gasteiger partial charge in [-0.2, -0.15) is 0 Å². The first-order valence-corrected chi connectivity index (χ1v) is 15.4. The molecule has 16 heteroatoms. The molecule has 0 aliphatic carbocycles.